The van der Waals surface area contributed by atoms with Crippen molar-refractivity contribution >= 4 is 23.1 Å². The van der Waals surface area contributed by atoms with Crippen molar-refractivity contribution in [3.8, 4) is 0 Å². The molecule has 0 amide bonds. The monoisotopic (exact) mass is 442 g/mol. The highest BCUT2D eigenvalue weighted by atomic mass is 16.6. The van der Waals surface area contributed by atoms with Gasteiger partial charge in [0.1, 0.15) is 0 Å². The standard InChI is InChI=1S/C30H34O3/c1-21(23-13-17-27(18-14-23)25-9-5-3-6-10-25)29(31)33-30(32)22(2)24-15-19-28(20-16-24)26-11-7-4-8-12-26/h13-20,25-26H,1-12H2. The van der Waals surface area contributed by atoms with E-state index in [1.807, 2.05) is 24.3 Å². The normalized spacial score (nSPS) is 17.3. The third kappa shape index (κ3) is 5.71. The molecule has 0 radical (unpaired) electrons. The number of benzene rings is 2. The van der Waals surface area contributed by atoms with Gasteiger partial charge in [0.05, 0.1) is 11.1 Å². The Morgan fingerprint density at radius 2 is 0.909 bits per heavy atom. The highest BCUT2D eigenvalue weighted by Crippen LogP contribution is 2.34. The maximum absolute atomic E-state index is 12.6. The molecular formula is C30H34O3. The maximum atomic E-state index is 12.6. The van der Waals surface area contributed by atoms with E-state index in [1.54, 1.807) is 0 Å². The van der Waals surface area contributed by atoms with Crippen LogP contribution in [-0.4, -0.2) is 11.9 Å². The minimum absolute atomic E-state index is 0.180. The summed E-state index contributed by atoms with van der Waals surface area (Å²) in [6.45, 7) is 7.72. The molecule has 4 rings (SSSR count). The van der Waals surface area contributed by atoms with Crippen LogP contribution in [-0.2, 0) is 14.3 Å². The average molecular weight is 443 g/mol. The van der Waals surface area contributed by atoms with Crippen molar-refractivity contribution < 1.29 is 14.3 Å². The van der Waals surface area contributed by atoms with E-state index in [1.165, 1.54) is 75.3 Å². The molecule has 0 aliphatic heterocycles. The largest absolute Gasteiger partial charge is 0.386 e. The van der Waals surface area contributed by atoms with Gasteiger partial charge < -0.3 is 4.74 Å². The summed E-state index contributed by atoms with van der Waals surface area (Å²) < 4.78 is 5.10. The summed E-state index contributed by atoms with van der Waals surface area (Å²) in [6.07, 6.45) is 12.6. The summed E-state index contributed by atoms with van der Waals surface area (Å²) >= 11 is 0. The van der Waals surface area contributed by atoms with E-state index in [2.05, 4.69) is 37.4 Å². The molecule has 3 heteroatoms. The van der Waals surface area contributed by atoms with Crippen LogP contribution in [0, 0.1) is 0 Å². The molecule has 2 fully saturated rings. The lowest BCUT2D eigenvalue weighted by molar-refractivity contribution is -0.151. The second-order valence-corrected chi connectivity index (χ2v) is 9.55. The third-order valence-electron chi connectivity index (χ3n) is 7.35. The number of esters is 2. The van der Waals surface area contributed by atoms with Crippen molar-refractivity contribution in [2.24, 2.45) is 0 Å². The molecule has 0 aromatic heterocycles. The summed E-state index contributed by atoms with van der Waals surface area (Å²) in [6, 6.07) is 15.9. The zero-order chi connectivity index (χ0) is 23.2. The van der Waals surface area contributed by atoms with Gasteiger partial charge in [0.25, 0.3) is 0 Å². The SMILES string of the molecule is C=C(C(=O)OC(=O)C(=C)c1ccc(C2CCCCC2)cc1)c1ccc(C2CCCCC2)cc1. The Labute approximate surface area is 197 Å². The Bertz CT molecular complexity index is 918. The van der Waals surface area contributed by atoms with Gasteiger partial charge in [0.15, 0.2) is 0 Å². The Morgan fingerprint density at radius 1 is 0.576 bits per heavy atom. The molecule has 2 aliphatic carbocycles. The highest BCUT2D eigenvalue weighted by molar-refractivity contribution is 6.25. The molecule has 0 bridgehead atoms. The van der Waals surface area contributed by atoms with Crippen molar-refractivity contribution in [3.05, 3.63) is 83.9 Å². The van der Waals surface area contributed by atoms with Gasteiger partial charge >= 0.3 is 11.9 Å². The summed E-state index contributed by atoms with van der Waals surface area (Å²) in [4.78, 5) is 25.1. The summed E-state index contributed by atoms with van der Waals surface area (Å²) in [5.74, 6) is -0.263. The lowest BCUT2D eigenvalue weighted by Gasteiger charge is -2.22. The van der Waals surface area contributed by atoms with Gasteiger partial charge in [0, 0.05) is 0 Å². The number of hydrogen-bond acceptors (Lipinski definition) is 3. The first-order chi connectivity index (χ1) is 16.0. The van der Waals surface area contributed by atoms with Gasteiger partial charge in [-0.1, -0.05) is 100 Å². The first kappa shape index (κ1) is 23.2. The van der Waals surface area contributed by atoms with Crippen LogP contribution in [0.15, 0.2) is 61.7 Å². The predicted octanol–water partition coefficient (Wildman–Crippen LogP) is 7.58. The van der Waals surface area contributed by atoms with Crippen molar-refractivity contribution in [2.45, 2.75) is 76.0 Å². The first-order valence-electron chi connectivity index (χ1n) is 12.4. The zero-order valence-electron chi connectivity index (χ0n) is 19.5. The van der Waals surface area contributed by atoms with Gasteiger partial charge in [0.2, 0.25) is 0 Å². The van der Waals surface area contributed by atoms with Crippen molar-refractivity contribution in [2.75, 3.05) is 0 Å². The molecule has 0 N–H and O–H groups in total. The van der Waals surface area contributed by atoms with Crippen LogP contribution in [0.2, 0.25) is 0 Å². The van der Waals surface area contributed by atoms with Crippen molar-refractivity contribution in [1.82, 2.24) is 0 Å². The predicted molar refractivity (Wildman–Crippen MR) is 134 cm³/mol. The molecule has 2 saturated carbocycles. The topological polar surface area (TPSA) is 43.4 Å². The second-order valence-electron chi connectivity index (χ2n) is 9.55. The van der Waals surface area contributed by atoms with E-state index >= 15 is 0 Å². The van der Waals surface area contributed by atoms with E-state index in [0.29, 0.717) is 23.0 Å². The van der Waals surface area contributed by atoms with Crippen molar-refractivity contribution in [1.29, 1.82) is 0 Å². The molecule has 0 saturated heterocycles. The Kier molecular flexibility index (Phi) is 7.59. The van der Waals surface area contributed by atoms with Crippen LogP contribution < -0.4 is 0 Å². The summed E-state index contributed by atoms with van der Waals surface area (Å²) in [5, 5.41) is 0. The number of carbonyl (C=O) groups is 2. The maximum Gasteiger partial charge on any atom is 0.346 e. The van der Waals surface area contributed by atoms with E-state index in [-0.39, 0.29) is 11.1 Å². The highest BCUT2D eigenvalue weighted by Gasteiger charge is 2.21. The molecule has 2 aromatic carbocycles. The van der Waals surface area contributed by atoms with Gasteiger partial charge in [-0.2, -0.15) is 0 Å². The third-order valence-corrected chi connectivity index (χ3v) is 7.35. The van der Waals surface area contributed by atoms with E-state index in [0.717, 1.165) is 0 Å². The molecule has 172 valence electrons. The number of carbonyl (C=O) groups excluding carboxylic acids is 2. The van der Waals surface area contributed by atoms with Crippen LogP contribution in [0.4, 0.5) is 0 Å². The molecule has 3 nitrogen and oxygen atoms in total. The molecule has 33 heavy (non-hydrogen) atoms. The fourth-order valence-electron chi connectivity index (χ4n) is 5.23. The number of hydrogen-bond donors (Lipinski definition) is 0. The fourth-order valence-corrected chi connectivity index (χ4v) is 5.23. The van der Waals surface area contributed by atoms with Gasteiger partial charge in [-0.3, -0.25) is 0 Å². The quantitative estimate of drug-likeness (QED) is 0.263. The van der Waals surface area contributed by atoms with Crippen LogP contribution in [0.3, 0.4) is 0 Å². The summed E-state index contributed by atoms with van der Waals surface area (Å²) in [5.41, 5.74) is 4.32. The number of ether oxygens (including phenoxy) is 1. The molecule has 0 spiro atoms. The molecule has 0 unspecified atom stereocenters. The second kappa shape index (κ2) is 10.8. The Balaban J connectivity index is 1.33. The van der Waals surface area contributed by atoms with Gasteiger partial charge in [-0.05, 0) is 59.8 Å². The van der Waals surface area contributed by atoms with E-state index in [9.17, 15) is 9.59 Å². The molecule has 2 aromatic rings. The fraction of sp³-hybridized carbons (Fsp3) is 0.400. The van der Waals surface area contributed by atoms with Crippen LogP contribution in [0.1, 0.15) is 98.3 Å². The van der Waals surface area contributed by atoms with Crippen LogP contribution in [0.25, 0.3) is 11.1 Å². The molecule has 2 aliphatic rings. The lowest BCUT2D eigenvalue weighted by atomic mass is 9.84. The molecule has 0 heterocycles. The molecular weight excluding hydrogens is 408 g/mol. The minimum Gasteiger partial charge on any atom is -0.386 e. The van der Waals surface area contributed by atoms with E-state index < -0.39 is 11.9 Å². The Hall–Kier alpha value is -2.94. The van der Waals surface area contributed by atoms with Crippen LogP contribution >= 0.6 is 0 Å². The average Bonchev–Trinajstić information content (AvgIpc) is 2.89. The first-order valence-corrected chi connectivity index (χ1v) is 12.4. The Morgan fingerprint density at radius 3 is 1.24 bits per heavy atom. The number of rotatable bonds is 6. The van der Waals surface area contributed by atoms with Crippen molar-refractivity contribution in [3.63, 3.8) is 0 Å². The van der Waals surface area contributed by atoms with Gasteiger partial charge in [-0.15, -0.1) is 0 Å². The molecule has 0 atom stereocenters. The van der Waals surface area contributed by atoms with E-state index in [4.69, 9.17) is 4.74 Å². The van der Waals surface area contributed by atoms with Crippen LogP contribution in [0.5, 0.6) is 0 Å². The zero-order valence-corrected chi connectivity index (χ0v) is 19.5. The minimum atomic E-state index is -0.731. The summed E-state index contributed by atoms with van der Waals surface area (Å²) in [7, 11) is 0. The smallest absolute Gasteiger partial charge is 0.346 e. The van der Waals surface area contributed by atoms with Gasteiger partial charge in [-0.25, -0.2) is 9.59 Å². The lowest BCUT2D eigenvalue weighted by Crippen LogP contribution is -2.14.